The lowest BCUT2D eigenvalue weighted by molar-refractivity contribution is -0.137. The molecule has 1 heterocycles. The van der Waals surface area contributed by atoms with Crippen LogP contribution in [0.1, 0.15) is 6.42 Å². The molecule has 1 amide bonds. The first-order valence-corrected chi connectivity index (χ1v) is 6.58. The third-order valence-electron chi connectivity index (χ3n) is 1.92. The van der Waals surface area contributed by atoms with Crippen LogP contribution in [-0.2, 0) is 9.59 Å². The van der Waals surface area contributed by atoms with E-state index in [1.165, 1.54) is 16.7 Å². The normalized spacial score (nSPS) is 10.1. The van der Waals surface area contributed by atoms with Gasteiger partial charge < -0.3 is 10.0 Å². The second-order valence-electron chi connectivity index (χ2n) is 3.18. The van der Waals surface area contributed by atoms with E-state index < -0.39 is 5.97 Å². The number of hydrogen-bond acceptors (Lipinski definition) is 4. The molecule has 0 radical (unpaired) electrons. The van der Waals surface area contributed by atoms with Crippen LogP contribution in [0.3, 0.4) is 0 Å². The quantitative estimate of drug-likeness (QED) is 0.791. The van der Waals surface area contributed by atoms with Crippen molar-refractivity contribution < 1.29 is 14.7 Å². The van der Waals surface area contributed by atoms with Gasteiger partial charge in [0.1, 0.15) is 0 Å². The number of thiophene rings is 1. The number of rotatable bonds is 6. The smallest absolute Gasteiger partial charge is 0.305 e. The molecular weight excluding hydrogens is 246 g/mol. The minimum atomic E-state index is -0.884. The van der Waals surface area contributed by atoms with E-state index >= 15 is 0 Å². The average Bonchev–Trinajstić information content (AvgIpc) is 2.75. The van der Waals surface area contributed by atoms with E-state index in [2.05, 4.69) is 0 Å². The van der Waals surface area contributed by atoms with Gasteiger partial charge in [0.05, 0.1) is 16.4 Å². The molecule has 0 unspecified atom stereocenters. The van der Waals surface area contributed by atoms with E-state index in [0.29, 0.717) is 5.75 Å². The van der Waals surface area contributed by atoms with Crippen LogP contribution >= 0.6 is 23.1 Å². The highest BCUT2D eigenvalue weighted by Gasteiger charge is 2.10. The lowest BCUT2D eigenvalue weighted by atomic mass is 10.4. The van der Waals surface area contributed by atoms with Gasteiger partial charge in [-0.1, -0.05) is 6.07 Å². The minimum absolute atomic E-state index is 0.00803. The van der Waals surface area contributed by atoms with Gasteiger partial charge in [-0.3, -0.25) is 9.59 Å². The summed E-state index contributed by atoms with van der Waals surface area (Å²) in [6.45, 7) is 0.263. The Morgan fingerprint density at radius 3 is 2.88 bits per heavy atom. The molecule has 1 N–H and O–H groups in total. The van der Waals surface area contributed by atoms with E-state index in [4.69, 9.17) is 5.11 Å². The fourth-order valence-electron chi connectivity index (χ4n) is 0.977. The molecule has 0 aliphatic rings. The van der Waals surface area contributed by atoms with Gasteiger partial charge in [0.25, 0.3) is 0 Å². The van der Waals surface area contributed by atoms with Crippen molar-refractivity contribution in [1.29, 1.82) is 0 Å². The van der Waals surface area contributed by atoms with Crippen molar-refractivity contribution in [1.82, 2.24) is 4.90 Å². The lowest BCUT2D eigenvalue weighted by Crippen LogP contribution is -2.30. The van der Waals surface area contributed by atoms with Crippen molar-refractivity contribution in [2.24, 2.45) is 0 Å². The highest BCUT2D eigenvalue weighted by Crippen LogP contribution is 2.23. The number of aliphatic carboxylic acids is 1. The van der Waals surface area contributed by atoms with Gasteiger partial charge in [0.15, 0.2) is 0 Å². The maximum Gasteiger partial charge on any atom is 0.305 e. The van der Waals surface area contributed by atoms with Gasteiger partial charge in [0, 0.05) is 13.6 Å². The summed E-state index contributed by atoms with van der Waals surface area (Å²) in [5, 5.41) is 10.4. The monoisotopic (exact) mass is 259 g/mol. The zero-order chi connectivity index (χ0) is 12.0. The van der Waals surface area contributed by atoms with Gasteiger partial charge in [-0.2, -0.15) is 0 Å². The molecule has 1 aromatic heterocycles. The zero-order valence-electron chi connectivity index (χ0n) is 8.88. The third-order valence-corrected chi connectivity index (χ3v) is 4.04. The molecule has 16 heavy (non-hydrogen) atoms. The Morgan fingerprint density at radius 1 is 1.56 bits per heavy atom. The molecule has 0 fully saturated rings. The summed E-state index contributed by atoms with van der Waals surface area (Å²) < 4.78 is 1.10. The Kier molecular flexibility index (Phi) is 5.34. The molecule has 0 bridgehead atoms. The molecule has 1 aromatic rings. The molecule has 0 spiro atoms. The highest BCUT2D eigenvalue weighted by atomic mass is 32.2. The van der Waals surface area contributed by atoms with Gasteiger partial charge in [0.2, 0.25) is 5.91 Å². The van der Waals surface area contributed by atoms with Gasteiger partial charge in [-0.25, -0.2) is 0 Å². The summed E-state index contributed by atoms with van der Waals surface area (Å²) in [4.78, 5) is 23.4. The maximum absolute atomic E-state index is 11.6. The van der Waals surface area contributed by atoms with Crippen molar-refractivity contribution in [2.45, 2.75) is 10.6 Å². The summed E-state index contributed by atoms with van der Waals surface area (Å²) in [7, 11) is 1.63. The fraction of sp³-hybridized carbons (Fsp3) is 0.400. The van der Waals surface area contributed by atoms with Crippen LogP contribution in [0, 0.1) is 0 Å². The lowest BCUT2D eigenvalue weighted by Gasteiger charge is -2.15. The molecule has 0 aromatic carbocycles. The second kappa shape index (κ2) is 6.55. The van der Waals surface area contributed by atoms with Crippen LogP contribution in [0.15, 0.2) is 21.7 Å². The number of hydrogen-bond donors (Lipinski definition) is 1. The molecule has 6 heteroatoms. The van der Waals surface area contributed by atoms with Crippen molar-refractivity contribution in [3.63, 3.8) is 0 Å². The van der Waals surface area contributed by atoms with E-state index in [-0.39, 0.29) is 18.9 Å². The summed E-state index contributed by atoms with van der Waals surface area (Å²) in [6.07, 6.45) is -0.00803. The van der Waals surface area contributed by atoms with Crippen molar-refractivity contribution in [3.8, 4) is 0 Å². The molecule has 4 nitrogen and oxygen atoms in total. The summed E-state index contributed by atoms with van der Waals surface area (Å²) in [5.74, 6) is -0.568. The second-order valence-corrected chi connectivity index (χ2v) is 5.40. The average molecular weight is 259 g/mol. The fourth-order valence-corrected chi connectivity index (χ4v) is 2.70. The molecule has 0 saturated heterocycles. The van der Waals surface area contributed by atoms with Crippen LogP contribution in [0.25, 0.3) is 0 Å². The topological polar surface area (TPSA) is 57.6 Å². The number of carbonyl (C=O) groups is 2. The molecule has 0 aliphatic carbocycles. The predicted octanol–water partition coefficient (Wildman–Crippen LogP) is 1.77. The van der Waals surface area contributed by atoms with E-state index in [1.54, 1.807) is 18.4 Å². The number of carbonyl (C=O) groups excluding carboxylic acids is 1. The molecular formula is C10H13NO3S2. The Bertz CT molecular complexity index is 351. The van der Waals surface area contributed by atoms with E-state index in [0.717, 1.165) is 4.21 Å². The first-order valence-electron chi connectivity index (χ1n) is 4.71. The van der Waals surface area contributed by atoms with E-state index in [9.17, 15) is 9.59 Å². The molecule has 0 aliphatic heterocycles. The van der Waals surface area contributed by atoms with Crippen molar-refractivity contribution >= 4 is 35.0 Å². The Hall–Kier alpha value is -1.01. The molecule has 1 rings (SSSR count). The number of amides is 1. The Balaban J connectivity index is 2.26. The van der Waals surface area contributed by atoms with Gasteiger partial charge in [-0.15, -0.1) is 23.1 Å². The van der Waals surface area contributed by atoms with Crippen LogP contribution in [0.2, 0.25) is 0 Å². The van der Waals surface area contributed by atoms with Crippen LogP contribution < -0.4 is 0 Å². The number of carboxylic acids is 1. The maximum atomic E-state index is 11.6. The number of carboxylic acid groups (broad SMARTS) is 1. The van der Waals surface area contributed by atoms with Crippen LogP contribution in [0.5, 0.6) is 0 Å². The number of nitrogens with zero attached hydrogens (tertiary/aromatic N) is 1. The first-order chi connectivity index (χ1) is 7.59. The van der Waals surface area contributed by atoms with Gasteiger partial charge in [-0.05, 0) is 11.4 Å². The van der Waals surface area contributed by atoms with Crippen molar-refractivity contribution in [2.75, 3.05) is 19.3 Å². The minimum Gasteiger partial charge on any atom is -0.481 e. The Morgan fingerprint density at radius 2 is 2.31 bits per heavy atom. The third kappa shape index (κ3) is 4.67. The predicted molar refractivity (Wildman–Crippen MR) is 64.9 cm³/mol. The zero-order valence-corrected chi connectivity index (χ0v) is 10.5. The standard InChI is InChI=1S/C10H13NO3S2/c1-11(5-4-9(13)14)8(12)7-16-10-3-2-6-15-10/h2-3,6H,4-5,7H2,1H3,(H,13,14). The molecule has 0 saturated carbocycles. The SMILES string of the molecule is CN(CCC(=O)O)C(=O)CSc1cccs1. The van der Waals surface area contributed by atoms with Crippen LogP contribution in [0.4, 0.5) is 0 Å². The van der Waals surface area contributed by atoms with Gasteiger partial charge >= 0.3 is 5.97 Å². The summed E-state index contributed by atoms with van der Waals surface area (Å²) in [5.41, 5.74) is 0. The Labute approximate surface area is 102 Å². The number of thioether (sulfide) groups is 1. The summed E-state index contributed by atoms with van der Waals surface area (Å²) >= 11 is 3.07. The highest BCUT2D eigenvalue weighted by molar-refractivity contribution is 8.01. The first kappa shape index (κ1) is 13.1. The van der Waals surface area contributed by atoms with E-state index in [1.807, 2.05) is 17.5 Å². The van der Waals surface area contributed by atoms with Crippen LogP contribution in [-0.4, -0.2) is 41.2 Å². The van der Waals surface area contributed by atoms with Crippen molar-refractivity contribution in [3.05, 3.63) is 17.5 Å². The summed E-state index contributed by atoms with van der Waals surface area (Å²) in [6, 6.07) is 3.89. The molecule has 0 atom stereocenters. The molecule has 88 valence electrons. The largest absolute Gasteiger partial charge is 0.481 e.